The Bertz CT molecular complexity index is 400. The van der Waals surface area contributed by atoms with Crippen molar-refractivity contribution < 1.29 is 8.42 Å². The maximum absolute atomic E-state index is 11.7. The highest BCUT2D eigenvalue weighted by molar-refractivity contribution is 7.91. The van der Waals surface area contributed by atoms with Gasteiger partial charge in [0.25, 0.3) is 0 Å². The number of sulfone groups is 1. The average molecular weight is 288 g/mol. The number of nitrogens with one attached hydrogen (secondary N) is 1. The van der Waals surface area contributed by atoms with Gasteiger partial charge in [0.15, 0.2) is 0 Å². The minimum atomic E-state index is -2.86. The van der Waals surface area contributed by atoms with Crippen LogP contribution in [0.1, 0.15) is 45.4 Å². The van der Waals surface area contributed by atoms with Gasteiger partial charge in [-0.15, -0.1) is 0 Å². The average Bonchev–Trinajstić information content (AvgIpc) is 2.39. The van der Waals surface area contributed by atoms with E-state index in [1.54, 1.807) is 0 Å². The third kappa shape index (κ3) is 3.70. The van der Waals surface area contributed by atoms with E-state index in [0.717, 1.165) is 45.2 Å². The summed E-state index contributed by atoms with van der Waals surface area (Å²) in [7, 11) is -0.826. The molecule has 1 aliphatic carbocycles. The first-order valence-electron chi connectivity index (χ1n) is 7.46. The van der Waals surface area contributed by atoms with Gasteiger partial charge in [-0.1, -0.05) is 6.42 Å². The zero-order valence-electron chi connectivity index (χ0n) is 12.5. The molecule has 0 amide bonds. The van der Waals surface area contributed by atoms with Gasteiger partial charge in [0.1, 0.15) is 9.84 Å². The minimum absolute atomic E-state index is 0.108. The van der Waals surface area contributed by atoms with Crippen LogP contribution in [-0.4, -0.2) is 56.5 Å². The number of rotatable bonds is 3. The van der Waals surface area contributed by atoms with Crippen LogP contribution in [0.4, 0.5) is 0 Å². The van der Waals surface area contributed by atoms with Crippen molar-refractivity contribution in [2.24, 2.45) is 0 Å². The molecule has 5 heteroatoms. The van der Waals surface area contributed by atoms with Crippen molar-refractivity contribution in [2.45, 2.75) is 62.3 Å². The highest BCUT2D eigenvalue weighted by atomic mass is 32.2. The standard InChI is InChI=1S/C14H28N2O2S/c1-14(15-2)7-9-16(10-8-14)12-5-4-6-13(11-12)19(3,17)18/h12-13,15H,4-11H2,1-3H3. The second-order valence-corrected chi connectivity index (χ2v) is 8.94. The number of hydrogen-bond acceptors (Lipinski definition) is 4. The van der Waals surface area contributed by atoms with Gasteiger partial charge < -0.3 is 10.2 Å². The van der Waals surface area contributed by atoms with Gasteiger partial charge in [0.05, 0.1) is 5.25 Å². The van der Waals surface area contributed by atoms with Crippen LogP contribution in [0.3, 0.4) is 0 Å². The highest BCUT2D eigenvalue weighted by Crippen LogP contribution is 2.31. The number of likely N-dealkylation sites (tertiary alicyclic amines) is 1. The molecule has 0 radical (unpaired) electrons. The van der Waals surface area contributed by atoms with Crippen LogP contribution in [-0.2, 0) is 9.84 Å². The normalized spacial score (nSPS) is 33.2. The predicted octanol–water partition coefficient (Wildman–Crippen LogP) is 1.42. The van der Waals surface area contributed by atoms with Crippen LogP contribution in [0.25, 0.3) is 0 Å². The SMILES string of the molecule is CNC1(C)CCN(C2CCCC(S(C)(=O)=O)C2)CC1. The third-order valence-corrected chi connectivity index (χ3v) is 6.86. The fourth-order valence-corrected chi connectivity index (χ4v) is 4.64. The van der Waals surface area contributed by atoms with Gasteiger partial charge in [-0.05, 0) is 46.1 Å². The maximum Gasteiger partial charge on any atom is 0.150 e. The lowest BCUT2D eigenvalue weighted by Crippen LogP contribution is -2.53. The molecule has 1 N–H and O–H groups in total. The monoisotopic (exact) mass is 288 g/mol. The van der Waals surface area contributed by atoms with Crippen molar-refractivity contribution >= 4 is 9.84 Å². The summed E-state index contributed by atoms with van der Waals surface area (Å²) in [6.07, 6.45) is 7.64. The molecule has 0 aromatic heterocycles. The fraction of sp³-hybridized carbons (Fsp3) is 1.00. The summed E-state index contributed by atoms with van der Waals surface area (Å²) in [5, 5.41) is 3.31. The van der Waals surface area contributed by atoms with Gasteiger partial charge in [-0.3, -0.25) is 0 Å². The molecule has 0 aromatic rings. The molecule has 2 aliphatic rings. The summed E-state index contributed by atoms with van der Waals surface area (Å²) < 4.78 is 23.5. The summed E-state index contributed by atoms with van der Waals surface area (Å²) in [6.45, 7) is 4.47. The van der Waals surface area contributed by atoms with E-state index < -0.39 is 9.84 Å². The van der Waals surface area contributed by atoms with E-state index in [0.29, 0.717) is 6.04 Å². The quantitative estimate of drug-likeness (QED) is 0.853. The largest absolute Gasteiger partial charge is 0.314 e. The topological polar surface area (TPSA) is 49.4 Å². The molecule has 0 bridgehead atoms. The van der Waals surface area contributed by atoms with Crippen molar-refractivity contribution in [3.63, 3.8) is 0 Å². The number of nitrogens with zero attached hydrogens (tertiary/aromatic N) is 1. The Labute approximate surface area is 117 Å². The summed E-state index contributed by atoms with van der Waals surface area (Å²) >= 11 is 0. The first kappa shape index (κ1) is 15.3. The van der Waals surface area contributed by atoms with Crippen molar-refractivity contribution in [3.05, 3.63) is 0 Å². The Morgan fingerprint density at radius 2 is 1.84 bits per heavy atom. The first-order chi connectivity index (χ1) is 8.84. The lowest BCUT2D eigenvalue weighted by atomic mass is 9.86. The van der Waals surface area contributed by atoms with E-state index in [9.17, 15) is 8.42 Å². The van der Waals surface area contributed by atoms with Crippen molar-refractivity contribution in [1.82, 2.24) is 10.2 Å². The zero-order chi connectivity index (χ0) is 14.1. The van der Waals surface area contributed by atoms with Crippen LogP contribution >= 0.6 is 0 Å². The first-order valence-corrected chi connectivity index (χ1v) is 9.41. The Hall–Kier alpha value is -0.130. The van der Waals surface area contributed by atoms with Crippen molar-refractivity contribution in [3.8, 4) is 0 Å². The molecule has 0 aromatic carbocycles. The van der Waals surface area contributed by atoms with E-state index in [-0.39, 0.29) is 10.8 Å². The molecular weight excluding hydrogens is 260 g/mol. The summed E-state index contributed by atoms with van der Waals surface area (Å²) in [6, 6.07) is 0.481. The van der Waals surface area contributed by atoms with Crippen LogP contribution in [0, 0.1) is 0 Å². The fourth-order valence-electron chi connectivity index (χ4n) is 3.47. The molecule has 4 nitrogen and oxygen atoms in total. The van der Waals surface area contributed by atoms with Gasteiger partial charge in [0, 0.05) is 30.9 Å². The maximum atomic E-state index is 11.7. The van der Waals surface area contributed by atoms with Crippen molar-refractivity contribution in [2.75, 3.05) is 26.4 Å². The van der Waals surface area contributed by atoms with Crippen LogP contribution in [0.2, 0.25) is 0 Å². The molecule has 1 heterocycles. The van der Waals surface area contributed by atoms with Gasteiger partial charge in [-0.2, -0.15) is 0 Å². The zero-order valence-corrected chi connectivity index (χ0v) is 13.3. The molecule has 2 atom stereocenters. The second kappa shape index (κ2) is 5.70. The Balaban J connectivity index is 1.93. The molecule has 1 aliphatic heterocycles. The van der Waals surface area contributed by atoms with Crippen LogP contribution in [0.15, 0.2) is 0 Å². The summed E-state index contributed by atoms with van der Waals surface area (Å²) in [4.78, 5) is 2.52. The molecule has 1 saturated carbocycles. The highest BCUT2D eigenvalue weighted by Gasteiger charge is 2.35. The van der Waals surface area contributed by atoms with E-state index in [1.807, 2.05) is 7.05 Å². The molecule has 0 spiro atoms. The molecule has 19 heavy (non-hydrogen) atoms. The summed E-state index contributed by atoms with van der Waals surface area (Å²) in [5.74, 6) is 0. The Kier molecular flexibility index (Phi) is 4.58. The van der Waals surface area contributed by atoms with Crippen LogP contribution in [0.5, 0.6) is 0 Å². The van der Waals surface area contributed by atoms with E-state index in [2.05, 4.69) is 17.1 Å². The van der Waals surface area contributed by atoms with Gasteiger partial charge in [-0.25, -0.2) is 8.42 Å². The Morgan fingerprint density at radius 3 is 2.37 bits per heavy atom. The molecule has 112 valence electrons. The molecular formula is C14H28N2O2S. The smallest absolute Gasteiger partial charge is 0.150 e. The molecule has 2 unspecified atom stereocenters. The molecule has 1 saturated heterocycles. The third-order valence-electron chi connectivity index (χ3n) is 5.23. The second-order valence-electron chi connectivity index (χ2n) is 6.62. The lowest BCUT2D eigenvalue weighted by Gasteiger charge is -2.44. The molecule has 2 rings (SSSR count). The summed E-state index contributed by atoms with van der Waals surface area (Å²) in [5.41, 5.74) is 0.265. The van der Waals surface area contributed by atoms with E-state index in [1.165, 1.54) is 12.7 Å². The minimum Gasteiger partial charge on any atom is -0.314 e. The molecule has 2 fully saturated rings. The number of hydrogen-bond donors (Lipinski definition) is 1. The Morgan fingerprint density at radius 1 is 1.21 bits per heavy atom. The van der Waals surface area contributed by atoms with Gasteiger partial charge >= 0.3 is 0 Å². The van der Waals surface area contributed by atoms with Crippen LogP contribution < -0.4 is 5.32 Å². The van der Waals surface area contributed by atoms with Gasteiger partial charge in [0.2, 0.25) is 0 Å². The lowest BCUT2D eigenvalue weighted by molar-refractivity contribution is 0.0905. The van der Waals surface area contributed by atoms with E-state index in [4.69, 9.17) is 0 Å². The van der Waals surface area contributed by atoms with Crippen molar-refractivity contribution in [1.29, 1.82) is 0 Å². The predicted molar refractivity (Wildman–Crippen MR) is 79.2 cm³/mol. The number of piperidine rings is 1. The van der Waals surface area contributed by atoms with E-state index >= 15 is 0 Å².